The van der Waals surface area contributed by atoms with E-state index in [0.29, 0.717) is 19.4 Å². The minimum atomic E-state index is -1.73. The number of halogens is 3. The number of nitrogens with zero attached hydrogens (tertiary/aromatic N) is 1. The van der Waals surface area contributed by atoms with Crippen LogP contribution in [-0.2, 0) is 30.5 Å². The van der Waals surface area contributed by atoms with Crippen LogP contribution in [0, 0.1) is 5.92 Å². The van der Waals surface area contributed by atoms with E-state index >= 15 is 0 Å². The summed E-state index contributed by atoms with van der Waals surface area (Å²) in [5.74, 6) is -1.50. The Morgan fingerprint density at radius 1 is 1.35 bits per heavy atom. The zero-order chi connectivity index (χ0) is 23.8. The lowest BCUT2D eigenvalue weighted by Gasteiger charge is -2.34. The Morgan fingerprint density at radius 3 is 2.55 bits per heavy atom. The van der Waals surface area contributed by atoms with Crippen LogP contribution in [0.2, 0.25) is 0 Å². The molecule has 1 heterocycles. The van der Waals surface area contributed by atoms with Gasteiger partial charge in [-0.05, 0) is 31.8 Å². The van der Waals surface area contributed by atoms with Crippen LogP contribution in [0.4, 0.5) is 0 Å². The standard InChI is InChI=1S/C18H29Cl3N4O5S/c1-5-9-31(29)24-14(11(2)3)15(26)22-12(4)16(27)25-8-6-7-13(23-25)17(28)30-10-18(19,20)21/h5,11-14,23-24H,1,6-10H2,2-4H3,(H,22,26). The average molecular weight is 520 g/mol. The summed E-state index contributed by atoms with van der Waals surface area (Å²) in [5, 5.41) is 3.90. The summed E-state index contributed by atoms with van der Waals surface area (Å²) in [7, 11) is 0. The van der Waals surface area contributed by atoms with E-state index in [1.165, 1.54) is 18.0 Å². The molecule has 4 unspecified atom stereocenters. The molecule has 9 nitrogen and oxygen atoms in total. The molecule has 4 atom stereocenters. The fourth-order valence-corrected chi connectivity index (χ4v) is 3.89. The summed E-state index contributed by atoms with van der Waals surface area (Å²) in [4.78, 5) is 37.6. The highest BCUT2D eigenvalue weighted by molar-refractivity contribution is 7.89. The normalized spacial score (nSPS) is 20.0. The summed E-state index contributed by atoms with van der Waals surface area (Å²) in [6.45, 7) is 8.59. The topological polar surface area (TPSA) is 123 Å². The largest absolute Gasteiger partial charge is 0.598 e. The van der Waals surface area contributed by atoms with Gasteiger partial charge in [0, 0.05) is 17.9 Å². The highest BCUT2D eigenvalue weighted by Gasteiger charge is 2.34. The van der Waals surface area contributed by atoms with E-state index in [4.69, 9.17) is 39.5 Å². The minimum absolute atomic E-state index is 0.166. The van der Waals surface area contributed by atoms with Crippen LogP contribution in [0.1, 0.15) is 33.6 Å². The Kier molecular flexibility index (Phi) is 11.9. The molecule has 0 aromatic carbocycles. The van der Waals surface area contributed by atoms with Crippen molar-refractivity contribution in [1.82, 2.24) is 20.5 Å². The van der Waals surface area contributed by atoms with Crippen molar-refractivity contribution < 1.29 is 23.7 Å². The second-order valence-electron chi connectivity index (χ2n) is 7.41. The van der Waals surface area contributed by atoms with Gasteiger partial charge in [-0.1, -0.05) is 55.2 Å². The maximum absolute atomic E-state index is 12.8. The molecule has 0 aromatic rings. The van der Waals surface area contributed by atoms with Gasteiger partial charge in [0.1, 0.15) is 30.5 Å². The van der Waals surface area contributed by atoms with E-state index in [2.05, 4.69) is 22.0 Å². The second kappa shape index (κ2) is 13.1. The number of rotatable bonds is 10. The van der Waals surface area contributed by atoms with Crippen LogP contribution < -0.4 is 15.5 Å². The van der Waals surface area contributed by atoms with Gasteiger partial charge in [-0.15, -0.1) is 4.72 Å². The SMILES string of the molecule is C=CC[S+]([O-])NC(C(=O)NC(C)C(=O)N1CCCC(C(=O)OCC(Cl)(Cl)Cl)N1)C(C)C. The Morgan fingerprint density at radius 2 is 2.00 bits per heavy atom. The lowest BCUT2D eigenvalue weighted by Crippen LogP contribution is -2.61. The van der Waals surface area contributed by atoms with Crippen molar-refractivity contribution in [3.05, 3.63) is 12.7 Å². The van der Waals surface area contributed by atoms with Crippen LogP contribution in [-0.4, -0.2) is 68.2 Å². The van der Waals surface area contributed by atoms with Crippen molar-refractivity contribution >= 4 is 63.9 Å². The van der Waals surface area contributed by atoms with Crippen LogP contribution in [0.5, 0.6) is 0 Å². The van der Waals surface area contributed by atoms with Crippen molar-refractivity contribution in [2.24, 2.45) is 5.92 Å². The smallest absolute Gasteiger partial charge is 0.325 e. The molecule has 178 valence electrons. The third-order valence-corrected chi connectivity index (χ3v) is 5.70. The number of ether oxygens (including phenoxy) is 1. The molecule has 1 fully saturated rings. The van der Waals surface area contributed by atoms with Crippen LogP contribution >= 0.6 is 34.8 Å². The molecule has 0 radical (unpaired) electrons. The van der Waals surface area contributed by atoms with Crippen LogP contribution in [0.25, 0.3) is 0 Å². The number of carbonyl (C=O) groups is 3. The van der Waals surface area contributed by atoms with Crippen molar-refractivity contribution in [3.63, 3.8) is 0 Å². The monoisotopic (exact) mass is 518 g/mol. The van der Waals surface area contributed by atoms with Crippen molar-refractivity contribution in [2.75, 3.05) is 18.9 Å². The molecule has 0 aliphatic carbocycles. The maximum Gasteiger partial charge on any atom is 0.325 e. The van der Waals surface area contributed by atoms with E-state index in [9.17, 15) is 18.9 Å². The molecular formula is C18H29Cl3N4O5S. The summed E-state index contributed by atoms with van der Waals surface area (Å²) >= 11 is 15.3. The number of alkyl halides is 3. The first kappa shape index (κ1) is 28.3. The predicted octanol–water partition coefficient (Wildman–Crippen LogP) is 1.36. The molecule has 2 amide bonds. The lowest BCUT2D eigenvalue weighted by atomic mass is 10.0. The third-order valence-electron chi connectivity index (χ3n) is 4.32. The molecule has 31 heavy (non-hydrogen) atoms. The van der Waals surface area contributed by atoms with E-state index in [-0.39, 0.29) is 11.7 Å². The van der Waals surface area contributed by atoms with Crippen LogP contribution in [0.15, 0.2) is 12.7 Å². The quantitative estimate of drug-likeness (QED) is 0.172. The van der Waals surface area contributed by atoms with Crippen molar-refractivity contribution in [1.29, 1.82) is 0 Å². The second-order valence-corrected chi connectivity index (χ2v) is 11.2. The van der Waals surface area contributed by atoms with Crippen molar-refractivity contribution in [3.8, 4) is 0 Å². The Balaban J connectivity index is 2.66. The molecule has 0 spiro atoms. The van der Waals surface area contributed by atoms with E-state index in [0.717, 1.165) is 0 Å². The fourth-order valence-electron chi connectivity index (χ4n) is 2.76. The lowest BCUT2D eigenvalue weighted by molar-refractivity contribution is -0.152. The van der Waals surface area contributed by atoms with E-state index in [1.807, 2.05) is 0 Å². The van der Waals surface area contributed by atoms with Gasteiger partial charge in [0.2, 0.25) is 9.70 Å². The van der Waals surface area contributed by atoms with Gasteiger partial charge < -0.3 is 14.6 Å². The summed E-state index contributed by atoms with van der Waals surface area (Å²) in [5.41, 5.74) is 2.80. The number of esters is 1. The first-order chi connectivity index (χ1) is 14.4. The molecule has 0 bridgehead atoms. The number of amides is 2. The minimum Gasteiger partial charge on any atom is -0.598 e. The number of nitrogens with one attached hydrogen (secondary N) is 3. The molecular weight excluding hydrogens is 491 g/mol. The molecule has 1 aliphatic rings. The van der Waals surface area contributed by atoms with Gasteiger partial charge in [-0.3, -0.25) is 19.4 Å². The number of hydrogen-bond donors (Lipinski definition) is 3. The molecule has 0 saturated carbocycles. The van der Waals surface area contributed by atoms with Gasteiger partial charge in [0.25, 0.3) is 5.91 Å². The first-order valence-electron chi connectivity index (χ1n) is 9.72. The Labute approximate surface area is 200 Å². The molecule has 0 aromatic heterocycles. The van der Waals surface area contributed by atoms with Gasteiger partial charge in [-0.2, -0.15) is 0 Å². The molecule has 1 aliphatic heterocycles. The highest BCUT2D eigenvalue weighted by atomic mass is 35.6. The van der Waals surface area contributed by atoms with Gasteiger partial charge in [0.15, 0.2) is 0 Å². The summed E-state index contributed by atoms with van der Waals surface area (Å²) in [6, 6.07) is -2.42. The Bertz CT molecular complexity index is 650. The third kappa shape index (κ3) is 10.2. The maximum atomic E-state index is 12.8. The van der Waals surface area contributed by atoms with Crippen molar-refractivity contribution in [2.45, 2.75) is 55.5 Å². The predicted molar refractivity (Wildman–Crippen MR) is 122 cm³/mol. The Hall–Kier alpha value is -0.750. The van der Waals surface area contributed by atoms with E-state index in [1.54, 1.807) is 13.8 Å². The summed E-state index contributed by atoms with van der Waals surface area (Å²) < 4.78 is 17.9. The average Bonchev–Trinajstić information content (AvgIpc) is 2.69. The van der Waals surface area contributed by atoms with E-state index < -0.39 is 57.7 Å². The first-order valence-corrected chi connectivity index (χ1v) is 12.2. The zero-order valence-corrected chi connectivity index (χ0v) is 20.7. The molecule has 1 rings (SSSR count). The van der Waals surface area contributed by atoms with Gasteiger partial charge >= 0.3 is 5.97 Å². The fraction of sp³-hybridized carbons (Fsp3) is 0.722. The molecule has 13 heteroatoms. The van der Waals surface area contributed by atoms with Crippen LogP contribution in [0.3, 0.4) is 0 Å². The number of hydrogen-bond acceptors (Lipinski definition) is 7. The molecule has 3 N–H and O–H groups in total. The summed E-state index contributed by atoms with van der Waals surface area (Å²) in [6.07, 6.45) is 2.47. The number of carbonyl (C=O) groups excluding carboxylic acids is 3. The van der Waals surface area contributed by atoms with Gasteiger partial charge in [0.05, 0.1) is 0 Å². The van der Waals surface area contributed by atoms with Gasteiger partial charge in [-0.25, -0.2) is 5.43 Å². The molecule has 1 saturated heterocycles. The number of hydrazine groups is 1. The zero-order valence-electron chi connectivity index (χ0n) is 17.7. The highest BCUT2D eigenvalue weighted by Crippen LogP contribution is 2.26.